The van der Waals surface area contributed by atoms with Gasteiger partial charge in [-0.3, -0.25) is 0 Å². The Labute approximate surface area is 105 Å². The summed E-state index contributed by atoms with van der Waals surface area (Å²) >= 11 is 5.94. The first-order valence-electron chi connectivity index (χ1n) is 5.19. The summed E-state index contributed by atoms with van der Waals surface area (Å²) in [6, 6.07) is 9.56. The van der Waals surface area contributed by atoms with Crippen LogP contribution in [0.25, 0.3) is 0 Å². The third kappa shape index (κ3) is 3.07. The number of anilines is 2. The Balaban J connectivity index is 2.14. The van der Waals surface area contributed by atoms with E-state index in [0.717, 1.165) is 22.9 Å². The minimum atomic E-state index is 0.278. The SMILES string of the molecule is CN(Cc1cccc(Cl)c1)c1ccnc(N)n1. The molecule has 0 aliphatic carbocycles. The van der Waals surface area contributed by atoms with Crippen molar-refractivity contribution in [3.63, 3.8) is 0 Å². The van der Waals surface area contributed by atoms with Crippen molar-refractivity contribution in [3.05, 3.63) is 47.1 Å². The fourth-order valence-corrected chi connectivity index (χ4v) is 1.78. The molecule has 5 heteroatoms. The maximum Gasteiger partial charge on any atom is 0.221 e. The lowest BCUT2D eigenvalue weighted by atomic mass is 10.2. The summed E-state index contributed by atoms with van der Waals surface area (Å²) in [6.45, 7) is 0.719. The molecule has 1 aromatic heterocycles. The molecule has 2 rings (SSSR count). The van der Waals surface area contributed by atoms with Gasteiger partial charge in [-0.1, -0.05) is 23.7 Å². The standard InChI is InChI=1S/C12H13ClN4/c1-17(11-5-6-15-12(14)16-11)8-9-3-2-4-10(13)7-9/h2-7H,8H2,1H3,(H2,14,15,16). The van der Waals surface area contributed by atoms with Crippen molar-refractivity contribution < 1.29 is 0 Å². The van der Waals surface area contributed by atoms with E-state index in [9.17, 15) is 0 Å². The lowest BCUT2D eigenvalue weighted by Crippen LogP contribution is -2.18. The molecule has 2 aromatic rings. The van der Waals surface area contributed by atoms with Crippen LogP contribution in [0.15, 0.2) is 36.5 Å². The third-order valence-corrected chi connectivity index (χ3v) is 2.59. The maximum atomic E-state index is 5.94. The number of benzene rings is 1. The molecule has 0 saturated carbocycles. The Kier molecular flexibility index (Phi) is 3.44. The molecule has 0 saturated heterocycles. The zero-order chi connectivity index (χ0) is 12.3. The maximum absolute atomic E-state index is 5.94. The number of nitrogens with two attached hydrogens (primary N) is 1. The Morgan fingerprint density at radius 2 is 2.18 bits per heavy atom. The zero-order valence-corrected chi connectivity index (χ0v) is 10.2. The Bertz CT molecular complexity index is 515. The topological polar surface area (TPSA) is 55.0 Å². The van der Waals surface area contributed by atoms with Gasteiger partial charge in [0.2, 0.25) is 5.95 Å². The summed E-state index contributed by atoms with van der Waals surface area (Å²) < 4.78 is 0. The van der Waals surface area contributed by atoms with E-state index in [1.807, 2.05) is 42.3 Å². The lowest BCUT2D eigenvalue weighted by molar-refractivity contribution is 0.894. The molecule has 88 valence electrons. The number of hydrogen-bond donors (Lipinski definition) is 1. The Morgan fingerprint density at radius 3 is 2.88 bits per heavy atom. The second-order valence-electron chi connectivity index (χ2n) is 3.76. The summed E-state index contributed by atoms with van der Waals surface area (Å²) in [5, 5.41) is 0.734. The Hall–Kier alpha value is -1.81. The van der Waals surface area contributed by atoms with Crippen molar-refractivity contribution >= 4 is 23.4 Å². The van der Waals surface area contributed by atoms with Crippen molar-refractivity contribution in [3.8, 4) is 0 Å². The quantitative estimate of drug-likeness (QED) is 0.906. The second kappa shape index (κ2) is 5.01. The largest absolute Gasteiger partial charge is 0.368 e. The molecule has 1 heterocycles. The van der Waals surface area contributed by atoms with Gasteiger partial charge < -0.3 is 10.6 Å². The van der Waals surface area contributed by atoms with E-state index in [1.165, 1.54) is 0 Å². The molecule has 0 bridgehead atoms. The van der Waals surface area contributed by atoms with Gasteiger partial charge in [0.15, 0.2) is 0 Å². The highest BCUT2D eigenvalue weighted by Crippen LogP contribution is 2.15. The fraction of sp³-hybridized carbons (Fsp3) is 0.167. The smallest absolute Gasteiger partial charge is 0.221 e. The predicted molar refractivity (Wildman–Crippen MR) is 70.0 cm³/mol. The van der Waals surface area contributed by atoms with E-state index in [-0.39, 0.29) is 5.95 Å². The molecule has 2 N–H and O–H groups in total. The number of halogens is 1. The number of nitrogen functional groups attached to an aromatic ring is 1. The van der Waals surface area contributed by atoms with Crippen LogP contribution >= 0.6 is 11.6 Å². The highest BCUT2D eigenvalue weighted by atomic mass is 35.5. The molecular weight excluding hydrogens is 236 g/mol. The monoisotopic (exact) mass is 248 g/mol. The second-order valence-corrected chi connectivity index (χ2v) is 4.20. The first-order chi connectivity index (χ1) is 8.15. The van der Waals surface area contributed by atoms with Gasteiger partial charge in [-0.25, -0.2) is 4.98 Å². The minimum absolute atomic E-state index is 0.278. The van der Waals surface area contributed by atoms with Gasteiger partial charge in [0.25, 0.3) is 0 Å². The van der Waals surface area contributed by atoms with Gasteiger partial charge in [-0.15, -0.1) is 0 Å². The van der Waals surface area contributed by atoms with Crippen molar-refractivity contribution in [2.24, 2.45) is 0 Å². The van der Waals surface area contributed by atoms with Crippen LogP contribution in [-0.4, -0.2) is 17.0 Å². The summed E-state index contributed by atoms with van der Waals surface area (Å²) in [7, 11) is 1.95. The molecule has 0 spiro atoms. The minimum Gasteiger partial charge on any atom is -0.368 e. The van der Waals surface area contributed by atoms with Crippen LogP contribution in [0, 0.1) is 0 Å². The van der Waals surface area contributed by atoms with E-state index in [4.69, 9.17) is 17.3 Å². The molecule has 4 nitrogen and oxygen atoms in total. The van der Waals surface area contributed by atoms with Crippen LogP contribution in [0.4, 0.5) is 11.8 Å². The van der Waals surface area contributed by atoms with Crippen LogP contribution in [-0.2, 0) is 6.54 Å². The van der Waals surface area contributed by atoms with E-state index < -0.39 is 0 Å². The Morgan fingerprint density at radius 1 is 1.35 bits per heavy atom. The number of rotatable bonds is 3. The third-order valence-electron chi connectivity index (χ3n) is 2.36. The number of aromatic nitrogens is 2. The molecule has 0 aliphatic heterocycles. The molecule has 0 unspecified atom stereocenters. The van der Waals surface area contributed by atoms with Crippen molar-refractivity contribution in [2.75, 3.05) is 17.7 Å². The molecule has 0 atom stereocenters. The molecule has 0 radical (unpaired) electrons. The van der Waals surface area contributed by atoms with Gasteiger partial charge in [-0.05, 0) is 23.8 Å². The van der Waals surface area contributed by atoms with E-state index in [0.29, 0.717) is 0 Å². The average Bonchev–Trinajstić information content (AvgIpc) is 2.29. The van der Waals surface area contributed by atoms with Crippen LogP contribution in [0.5, 0.6) is 0 Å². The average molecular weight is 249 g/mol. The van der Waals surface area contributed by atoms with Crippen molar-refractivity contribution in [1.82, 2.24) is 9.97 Å². The zero-order valence-electron chi connectivity index (χ0n) is 9.47. The molecule has 17 heavy (non-hydrogen) atoms. The van der Waals surface area contributed by atoms with Crippen LogP contribution in [0.2, 0.25) is 5.02 Å². The van der Waals surface area contributed by atoms with Gasteiger partial charge in [0.1, 0.15) is 5.82 Å². The molecule has 0 fully saturated rings. The highest BCUT2D eigenvalue weighted by Gasteiger charge is 2.04. The van der Waals surface area contributed by atoms with Crippen molar-refractivity contribution in [2.45, 2.75) is 6.54 Å². The summed E-state index contributed by atoms with van der Waals surface area (Å²) in [4.78, 5) is 10.0. The molecular formula is C12H13ClN4. The van der Waals surface area contributed by atoms with Crippen LogP contribution in [0.3, 0.4) is 0 Å². The summed E-state index contributed by atoms with van der Waals surface area (Å²) in [6.07, 6.45) is 1.64. The van der Waals surface area contributed by atoms with E-state index >= 15 is 0 Å². The highest BCUT2D eigenvalue weighted by molar-refractivity contribution is 6.30. The molecule has 0 amide bonds. The van der Waals surface area contributed by atoms with Gasteiger partial charge in [0.05, 0.1) is 0 Å². The molecule has 0 aliphatic rings. The summed E-state index contributed by atoms with van der Waals surface area (Å²) in [5.41, 5.74) is 6.67. The van der Waals surface area contributed by atoms with Gasteiger partial charge >= 0.3 is 0 Å². The summed E-state index contributed by atoms with van der Waals surface area (Å²) in [5.74, 6) is 1.07. The number of nitrogens with zero attached hydrogens (tertiary/aromatic N) is 3. The molecule has 1 aromatic carbocycles. The van der Waals surface area contributed by atoms with Gasteiger partial charge in [0, 0.05) is 24.8 Å². The van der Waals surface area contributed by atoms with Gasteiger partial charge in [-0.2, -0.15) is 4.98 Å². The lowest BCUT2D eigenvalue weighted by Gasteiger charge is -2.18. The van der Waals surface area contributed by atoms with E-state index in [1.54, 1.807) is 6.20 Å². The fourth-order valence-electron chi connectivity index (χ4n) is 1.57. The van der Waals surface area contributed by atoms with Crippen LogP contribution in [0.1, 0.15) is 5.56 Å². The predicted octanol–water partition coefficient (Wildman–Crippen LogP) is 2.35. The number of hydrogen-bond acceptors (Lipinski definition) is 4. The van der Waals surface area contributed by atoms with Crippen molar-refractivity contribution in [1.29, 1.82) is 0 Å². The first-order valence-corrected chi connectivity index (χ1v) is 5.57. The first kappa shape index (κ1) is 11.7. The van der Waals surface area contributed by atoms with E-state index in [2.05, 4.69) is 9.97 Å². The normalized spacial score (nSPS) is 10.2. The van der Waals surface area contributed by atoms with Crippen LogP contribution < -0.4 is 10.6 Å².